The van der Waals surface area contributed by atoms with Gasteiger partial charge in [0.25, 0.3) is 0 Å². The second kappa shape index (κ2) is 3.58. The smallest absolute Gasteiger partial charge is 0.0991 e. The molecule has 1 aliphatic rings. The Morgan fingerprint density at radius 3 is 2.40 bits per heavy atom. The summed E-state index contributed by atoms with van der Waals surface area (Å²) in [5.74, 6) is 0. The van der Waals surface area contributed by atoms with Gasteiger partial charge in [-0.3, -0.25) is 0 Å². The molecular formula is C13H16N2. The lowest BCUT2D eigenvalue weighted by molar-refractivity contribution is 0.518. The Hall–Kier alpha value is -1.49. The Kier molecular flexibility index (Phi) is 2.40. The summed E-state index contributed by atoms with van der Waals surface area (Å²) >= 11 is 0. The summed E-state index contributed by atoms with van der Waals surface area (Å²) in [6.45, 7) is 5.68. The van der Waals surface area contributed by atoms with E-state index < -0.39 is 0 Å². The van der Waals surface area contributed by atoms with E-state index in [1.807, 2.05) is 24.3 Å². The number of nitriles is 1. The van der Waals surface area contributed by atoms with Gasteiger partial charge in [0.1, 0.15) is 0 Å². The van der Waals surface area contributed by atoms with Crippen molar-refractivity contribution < 1.29 is 0 Å². The Morgan fingerprint density at radius 2 is 1.93 bits per heavy atom. The standard InChI is InChI=1S/C13H16N2/c1-13(2)8-3-9-15(13)12-6-4-11(10-14)5-7-12/h4-7H,3,8-9H2,1-2H3. The van der Waals surface area contributed by atoms with Crippen LogP contribution in [0.15, 0.2) is 24.3 Å². The van der Waals surface area contributed by atoms with Gasteiger partial charge in [0.2, 0.25) is 0 Å². The largest absolute Gasteiger partial charge is 0.366 e. The third-order valence-electron chi connectivity index (χ3n) is 3.21. The van der Waals surface area contributed by atoms with Crippen LogP contribution in [0.3, 0.4) is 0 Å². The topological polar surface area (TPSA) is 27.0 Å². The molecule has 0 radical (unpaired) electrons. The summed E-state index contributed by atoms with van der Waals surface area (Å²) in [6, 6.07) is 10.0. The van der Waals surface area contributed by atoms with Crippen LogP contribution in [0.4, 0.5) is 5.69 Å². The minimum absolute atomic E-state index is 0.258. The molecule has 15 heavy (non-hydrogen) atoms. The third-order valence-corrected chi connectivity index (χ3v) is 3.21. The zero-order valence-electron chi connectivity index (χ0n) is 9.33. The first-order valence-electron chi connectivity index (χ1n) is 5.41. The molecule has 0 unspecified atom stereocenters. The Morgan fingerprint density at radius 1 is 1.27 bits per heavy atom. The van der Waals surface area contributed by atoms with Crippen LogP contribution in [0.1, 0.15) is 32.3 Å². The van der Waals surface area contributed by atoms with Gasteiger partial charge in [-0.1, -0.05) is 0 Å². The number of nitrogens with zero attached hydrogens (tertiary/aromatic N) is 2. The van der Waals surface area contributed by atoms with E-state index in [1.54, 1.807) is 0 Å². The van der Waals surface area contributed by atoms with Crippen LogP contribution < -0.4 is 4.90 Å². The zero-order valence-corrected chi connectivity index (χ0v) is 9.33. The molecule has 0 aromatic heterocycles. The highest BCUT2D eigenvalue weighted by Gasteiger charge is 2.31. The second-order valence-electron chi connectivity index (χ2n) is 4.73. The lowest BCUT2D eigenvalue weighted by Crippen LogP contribution is -2.38. The molecule has 78 valence electrons. The summed E-state index contributed by atoms with van der Waals surface area (Å²) in [5.41, 5.74) is 2.22. The van der Waals surface area contributed by atoms with Crippen LogP contribution in [0.25, 0.3) is 0 Å². The lowest BCUT2D eigenvalue weighted by atomic mass is 10.0. The average Bonchev–Trinajstić information content (AvgIpc) is 2.58. The van der Waals surface area contributed by atoms with Crippen molar-refractivity contribution in [3.63, 3.8) is 0 Å². The molecular weight excluding hydrogens is 184 g/mol. The predicted molar refractivity (Wildman–Crippen MR) is 61.8 cm³/mol. The predicted octanol–water partition coefficient (Wildman–Crippen LogP) is 2.94. The van der Waals surface area contributed by atoms with Crippen LogP contribution in [0, 0.1) is 11.3 Å². The van der Waals surface area contributed by atoms with Crippen molar-refractivity contribution in [1.82, 2.24) is 0 Å². The average molecular weight is 200 g/mol. The molecule has 2 nitrogen and oxygen atoms in total. The summed E-state index contributed by atoms with van der Waals surface area (Å²) in [5, 5.41) is 8.73. The van der Waals surface area contributed by atoms with Crippen molar-refractivity contribution in [1.29, 1.82) is 5.26 Å². The van der Waals surface area contributed by atoms with Crippen molar-refractivity contribution in [2.75, 3.05) is 11.4 Å². The summed E-state index contributed by atoms with van der Waals surface area (Å²) in [7, 11) is 0. The van der Waals surface area contributed by atoms with Crippen LogP contribution in [-0.2, 0) is 0 Å². The number of hydrogen-bond acceptors (Lipinski definition) is 2. The van der Waals surface area contributed by atoms with Crippen molar-refractivity contribution in [2.24, 2.45) is 0 Å². The molecule has 0 N–H and O–H groups in total. The first-order chi connectivity index (χ1) is 7.13. The van der Waals surface area contributed by atoms with E-state index in [-0.39, 0.29) is 5.54 Å². The van der Waals surface area contributed by atoms with Crippen molar-refractivity contribution in [3.8, 4) is 6.07 Å². The van der Waals surface area contributed by atoms with Crippen LogP contribution >= 0.6 is 0 Å². The molecule has 2 rings (SSSR count). The Labute approximate surface area is 91.1 Å². The zero-order chi connectivity index (χ0) is 10.9. The molecule has 0 atom stereocenters. The molecule has 0 aliphatic carbocycles. The molecule has 1 heterocycles. The van der Waals surface area contributed by atoms with Gasteiger partial charge in [-0.05, 0) is 51.0 Å². The minimum Gasteiger partial charge on any atom is -0.366 e. The van der Waals surface area contributed by atoms with E-state index in [1.165, 1.54) is 18.5 Å². The maximum atomic E-state index is 8.73. The highest BCUT2D eigenvalue weighted by molar-refractivity contribution is 5.52. The van der Waals surface area contributed by atoms with E-state index in [9.17, 15) is 0 Å². The van der Waals surface area contributed by atoms with Crippen molar-refractivity contribution >= 4 is 5.69 Å². The quantitative estimate of drug-likeness (QED) is 0.697. The molecule has 1 aromatic carbocycles. The first-order valence-corrected chi connectivity index (χ1v) is 5.41. The molecule has 1 saturated heterocycles. The normalized spacial score (nSPS) is 18.9. The molecule has 1 aromatic rings. The van der Waals surface area contributed by atoms with Crippen LogP contribution in [-0.4, -0.2) is 12.1 Å². The Balaban J connectivity index is 2.27. The van der Waals surface area contributed by atoms with E-state index in [2.05, 4.69) is 24.8 Å². The molecule has 1 aliphatic heterocycles. The van der Waals surface area contributed by atoms with Crippen LogP contribution in [0.2, 0.25) is 0 Å². The molecule has 2 heteroatoms. The van der Waals surface area contributed by atoms with Gasteiger partial charge < -0.3 is 4.90 Å². The Bertz CT molecular complexity index is 384. The van der Waals surface area contributed by atoms with Gasteiger partial charge in [-0.25, -0.2) is 0 Å². The summed E-state index contributed by atoms with van der Waals surface area (Å²) in [6.07, 6.45) is 2.50. The lowest BCUT2D eigenvalue weighted by Gasteiger charge is -2.33. The number of anilines is 1. The molecule has 0 saturated carbocycles. The molecule has 0 bridgehead atoms. The fraction of sp³-hybridized carbons (Fsp3) is 0.462. The monoisotopic (exact) mass is 200 g/mol. The van der Waals surface area contributed by atoms with Gasteiger partial charge in [0.15, 0.2) is 0 Å². The van der Waals surface area contributed by atoms with Gasteiger partial charge >= 0.3 is 0 Å². The van der Waals surface area contributed by atoms with Crippen molar-refractivity contribution in [3.05, 3.63) is 29.8 Å². The summed E-state index contributed by atoms with van der Waals surface area (Å²) < 4.78 is 0. The number of hydrogen-bond donors (Lipinski definition) is 0. The molecule has 0 spiro atoms. The highest BCUT2D eigenvalue weighted by atomic mass is 15.2. The van der Waals surface area contributed by atoms with Gasteiger partial charge in [-0.2, -0.15) is 5.26 Å². The minimum atomic E-state index is 0.258. The summed E-state index contributed by atoms with van der Waals surface area (Å²) in [4.78, 5) is 2.42. The van der Waals surface area contributed by atoms with E-state index >= 15 is 0 Å². The van der Waals surface area contributed by atoms with E-state index in [0.29, 0.717) is 0 Å². The fourth-order valence-corrected chi connectivity index (χ4v) is 2.30. The van der Waals surface area contributed by atoms with Gasteiger partial charge in [-0.15, -0.1) is 0 Å². The first kappa shape index (κ1) is 10.0. The van der Waals surface area contributed by atoms with Gasteiger partial charge in [0, 0.05) is 17.8 Å². The van der Waals surface area contributed by atoms with E-state index in [0.717, 1.165) is 12.1 Å². The maximum Gasteiger partial charge on any atom is 0.0991 e. The van der Waals surface area contributed by atoms with Crippen LogP contribution in [0.5, 0.6) is 0 Å². The second-order valence-corrected chi connectivity index (χ2v) is 4.73. The molecule has 0 amide bonds. The van der Waals surface area contributed by atoms with Gasteiger partial charge in [0.05, 0.1) is 11.6 Å². The fourth-order valence-electron chi connectivity index (χ4n) is 2.30. The number of rotatable bonds is 1. The SMILES string of the molecule is CC1(C)CCCN1c1ccc(C#N)cc1. The molecule has 1 fully saturated rings. The maximum absolute atomic E-state index is 8.73. The highest BCUT2D eigenvalue weighted by Crippen LogP contribution is 2.33. The number of benzene rings is 1. The third kappa shape index (κ3) is 1.83. The van der Waals surface area contributed by atoms with E-state index in [4.69, 9.17) is 5.26 Å². The van der Waals surface area contributed by atoms with Crippen molar-refractivity contribution in [2.45, 2.75) is 32.2 Å².